The Balaban J connectivity index is 1.81. The fourth-order valence-electron chi connectivity index (χ4n) is 3.82. The lowest BCUT2D eigenvalue weighted by Crippen LogP contribution is -2.21. The second kappa shape index (κ2) is 5.59. The van der Waals surface area contributed by atoms with Gasteiger partial charge in [0.1, 0.15) is 10.5 Å². The van der Waals surface area contributed by atoms with Gasteiger partial charge in [-0.3, -0.25) is 0 Å². The molecule has 3 heteroatoms. The van der Waals surface area contributed by atoms with Crippen LogP contribution in [-0.2, 0) is 0 Å². The van der Waals surface area contributed by atoms with Crippen LogP contribution in [0.25, 0.3) is 0 Å². The molecule has 0 saturated heterocycles. The van der Waals surface area contributed by atoms with Crippen LogP contribution in [0.1, 0.15) is 88.6 Å². The molecule has 2 aliphatic carbocycles. The average Bonchev–Trinajstić information content (AvgIpc) is 2.91. The number of nitrogens with one attached hydrogen (secondary N) is 1. The standard InChI is InChI=1S/C17H26N2S/c1-17(2)9-7-13(8-10-17)16-18-14(11-15(20)19-16)12-5-3-4-6-12/h11-13H,3-10H2,1-2H3,(H,18,19,20). The van der Waals surface area contributed by atoms with Gasteiger partial charge < -0.3 is 4.98 Å². The number of hydrogen-bond donors (Lipinski definition) is 1. The summed E-state index contributed by atoms with van der Waals surface area (Å²) >= 11 is 5.41. The molecule has 3 rings (SSSR count). The molecule has 0 bridgehead atoms. The van der Waals surface area contributed by atoms with Crippen LogP contribution in [-0.4, -0.2) is 9.97 Å². The highest BCUT2D eigenvalue weighted by atomic mass is 32.1. The first-order valence-corrected chi connectivity index (χ1v) is 8.55. The van der Waals surface area contributed by atoms with Crippen LogP contribution < -0.4 is 0 Å². The van der Waals surface area contributed by atoms with E-state index in [1.165, 1.54) is 57.1 Å². The van der Waals surface area contributed by atoms with E-state index in [4.69, 9.17) is 12.2 Å². The van der Waals surface area contributed by atoms with Gasteiger partial charge in [-0.15, -0.1) is 0 Å². The van der Waals surface area contributed by atoms with Gasteiger partial charge in [-0.1, -0.05) is 38.9 Å². The van der Waals surface area contributed by atoms with E-state index in [2.05, 4.69) is 29.9 Å². The van der Waals surface area contributed by atoms with Crippen molar-refractivity contribution < 1.29 is 0 Å². The van der Waals surface area contributed by atoms with Crippen LogP contribution in [0.2, 0.25) is 0 Å². The average molecular weight is 290 g/mol. The molecule has 0 radical (unpaired) electrons. The van der Waals surface area contributed by atoms with Gasteiger partial charge in [0.15, 0.2) is 0 Å². The predicted molar refractivity (Wildman–Crippen MR) is 85.6 cm³/mol. The van der Waals surface area contributed by atoms with Crippen LogP contribution >= 0.6 is 12.2 Å². The smallest absolute Gasteiger partial charge is 0.130 e. The van der Waals surface area contributed by atoms with Gasteiger partial charge in [0.25, 0.3) is 0 Å². The zero-order valence-corrected chi connectivity index (χ0v) is 13.6. The maximum Gasteiger partial charge on any atom is 0.130 e. The summed E-state index contributed by atoms with van der Waals surface area (Å²) in [5.74, 6) is 2.44. The summed E-state index contributed by atoms with van der Waals surface area (Å²) in [6.07, 6.45) is 10.4. The van der Waals surface area contributed by atoms with E-state index in [9.17, 15) is 0 Å². The Hall–Kier alpha value is -0.700. The number of aromatic nitrogens is 2. The molecule has 2 saturated carbocycles. The Morgan fingerprint density at radius 2 is 1.75 bits per heavy atom. The molecule has 20 heavy (non-hydrogen) atoms. The van der Waals surface area contributed by atoms with E-state index in [1.807, 2.05) is 0 Å². The van der Waals surface area contributed by atoms with Crippen molar-refractivity contribution in [2.24, 2.45) is 5.41 Å². The normalized spacial score (nSPS) is 24.1. The molecular formula is C17H26N2S. The summed E-state index contributed by atoms with van der Waals surface area (Å²) < 4.78 is 0.783. The van der Waals surface area contributed by atoms with Gasteiger partial charge in [0, 0.05) is 11.6 Å². The number of hydrogen-bond acceptors (Lipinski definition) is 2. The van der Waals surface area contributed by atoms with E-state index >= 15 is 0 Å². The monoisotopic (exact) mass is 290 g/mol. The van der Waals surface area contributed by atoms with E-state index in [-0.39, 0.29) is 0 Å². The lowest BCUT2D eigenvalue weighted by molar-refractivity contribution is 0.220. The van der Waals surface area contributed by atoms with E-state index < -0.39 is 0 Å². The minimum Gasteiger partial charge on any atom is -0.347 e. The quantitative estimate of drug-likeness (QED) is 0.730. The molecule has 1 heterocycles. The van der Waals surface area contributed by atoms with Crippen LogP contribution in [0, 0.1) is 10.1 Å². The van der Waals surface area contributed by atoms with E-state index in [0.717, 1.165) is 10.5 Å². The fourth-order valence-corrected chi connectivity index (χ4v) is 4.04. The number of aromatic amines is 1. The maximum absolute atomic E-state index is 5.41. The van der Waals surface area contributed by atoms with Crippen molar-refractivity contribution in [3.05, 3.63) is 22.2 Å². The third-order valence-corrected chi connectivity index (χ3v) is 5.51. The van der Waals surface area contributed by atoms with Crippen molar-refractivity contribution in [2.45, 2.75) is 77.0 Å². The van der Waals surface area contributed by atoms with Gasteiger partial charge in [0.2, 0.25) is 0 Å². The molecule has 1 N–H and O–H groups in total. The first-order valence-electron chi connectivity index (χ1n) is 8.15. The molecule has 0 amide bonds. The Morgan fingerprint density at radius 1 is 1.10 bits per heavy atom. The minimum absolute atomic E-state index is 0.510. The lowest BCUT2D eigenvalue weighted by atomic mass is 9.73. The van der Waals surface area contributed by atoms with Crippen molar-refractivity contribution in [3.63, 3.8) is 0 Å². The molecule has 2 fully saturated rings. The molecular weight excluding hydrogens is 264 g/mol. The summed E-state index contributed by atoms with van der Waals surface area (Å²) in [7, 11) is 0. The largest absolute Gasteiger partial charge is 0.347 e. The summed E-state index contributed by atoms with van der Waals surface area (Å²) in [4.78, 5) is 8.28. The maximum atomic E-state index is 5.41. The lowest BCUT2D eigenvalue weighted by Gasteiger charge is -2.34. The van der Waals surface area contributed by atoms with Crippen molar-refractivity contribution in [1.82, 2.24) is 9.97 Å². The summed E-state index contributed by atoms with van der Waals surface area (Å²) in [6, 6.07) is 2.10. The molecule has 0 aromatic carbocycles. The molecule has 0 aliphatic heterocycles. The summed E-state index contributed by atoms with van der Waals surface area (Å²) in [5.41, 5.74) is 1.86. The highest BCUT2D eigenvalue weighted by Gasteiger charge is 2.29. The van der Waals surface area contributed by atoms with Gasteiger partial charge in [-0.25, -0.2) is 4.98 Å². The number of nitrogens with zero attached hydrogens (tertiary/aromatic N) is 1. The Kier molecular flexibility index (Phi) is 3.98. The zero-order chi connectivity index (χ0) is 14.2. The Labute approximate surface area is 127 Å². The van der Waals surface area contributed by atoms with Gasteiger partial charge in [-0.05, 0) is 55.9 Å². The van der Waals surface area contributed by atoms with Crippen LogP contribution in [0.4, 0.5) is 0 Å². The Bertz CT molecular complexity index is 516. The highest BCUT2D eigenvalue weighted by molar-refractivity contribution is 7.71. The van der Waals surface area contributed by atoms with Gasteiger partial charge in [-0.2, -0.15) is 0 Å². The summed E-state index contributed by atoms with van der Waals surface area (Å²) in [6.45, 7) is 4.77. The van der Waals surface area contributed by atoms with E-state index in [0.29, 0.717) is 17.3 Å². The van der Waals surface area contributed by atoms with Crippen molar-refractivity contribution >= 4 is 12.2 Å². The molecule has 2 nitrogen and oxygen atoms in total. The number of rotatable bonds is 2. The molecule has 0 unspecified atom stereocenters. The molecule has 0 atom stereocenters. The van der Waals surface area contributed by atoms with E-state index in [1.54, 1.807) is 0 Å². The topological polar surface area (TPSA) is 28.7 Å². The minimum atomic E-state index is 0.510. The summed E-state index contributed by atoms with van der Waals surface area (Å²) in [5, 5.41) is 0. The fraction of sp³-hybridized carbons (Fsp3) is 0.765. The molecule has 0 spiro atoms. The second-order valence-corrected chi connectivity index (χ2v) is 7.90. The first kappa shape index (κ1) is 14.2. The van der Waals surface area contributed by atoms with Crippen LogP contribution in [0.3, 0.4) is 0 Å². The second-order valence-electron chi connectivity index (χ2n) is 7.48. The Morgan fingerprint density at radius 3 is 2.40 bits per heavy atom. The third-order valence-electron chi connectivity index (χ3n) is 5.30. The highest BCUT2D eigenvalue weighted by Crippen LogP contribution is 2.42. The predicted octanol–water partition coefficient (Wildman–Crippen LogP) is 5.48. The van der Waals surface area contributed by atoms with Crippen molar-refractivity contribution in [3.8, 4) is 0 Å². The van der Waals surface area contributed by atoms with Gasteiger partial charge >= 0.3 is 0 Å². The van der Waals surface area contributed by atoms with Crippen LogP contribution in [0.5, 0.6) is 0 Å². The SMILES string of the molecule is CC1(C)CCC(c2nc(=S)cc(C3CCCC3)[nH]2)CC1. The van der Waals surface area contributed by atoms with Crippen LogP contribution in [0.15, 0.2) is 6.07 Å². The third kappa shape index (κ3) is 3.13. The molecule has 110 valence electrons. The van der Waals surface area contributed by atoms with Crippen molar-refractivity contribution in [1.29, 1.82) is 0 Å². The van der Waals surface area contributed by atoms with Crippen molar-refractivity contribution in [2.75, 3.05) is 0 Å². The first-order chi connectivity index (χ1) is 9.53. The molecule has 2 aliphatic rings. The molecule has 1 aromatic heterocycles. The number of H-pyrrole nitrogens is 1. The zero-order valence-electron chi connectivity index (χ0n) is 12.7. The molecule has 1 aromatic rings. The van der Waals surface area contributed by atoms with Gasteiger partial charge in [0.05, 0.1) is 0 Å².